The van der Waals surface area contributed by atoms with Crippen molar-refractivity contribution >= 4 is 46.8 Å². The summed E-state index contributed by atoms with van der Waals surface area (Å²) in [7, 11) is 0. The van der Waals surface area contributed by atoms with Gasteiger partial charge >= 0.3 is 0 Å². The molecule has 3 aliphatic rings. The lowest BCUT2D eigenvalue weighted by molar-refractivity contribution is -0.147. The van der Waals surface area contributed by atoms with Gasteiger partial charge in [-0.05, 0) is 67.1 Å². The molecule has 2 aromatic carbocycles. The Morgan fingerprint density at radius 1 is 0.762 bits per heavy atom. The number of halogens is 2. The van der Waals surface area contributed by atoms with Gasteiger partial charge in [0.1, 0.15) is 41.8 Å². The van der Waals surface area contributed by atoms with E-state index in [1.165, 1.54) is 27.2 Å². The van der Waals surface area contributed by atoms with Gasteiger partial charge in [-0.25, -0.2) is 13.8 Å². The Kier molecular flexibility index (Phi) is 16.4. The van der Waals surface area contributed by atoms with Crippen molar-refractivity contribution in [3.8, 4) is 0 Å². The first-order chi connectivity index (χ1) is 30.1. The van der Waals surface area contributed by atoms with Gasteiger partial charge in [0.15, 0.2) is 0 Å². The number of thiazole rings is 1. The van der Waals surface area contributed by atoms with Gasteiger partial charge in [-0.3, -0.25) is 28.8 Å². The minimum Gasteiger partial charge on any atom is -0.343 e. The Morgan fingerprint density at radius 2 is 1.46 bits per heavy atom. The third-order valence-corrected chi connectivity index (χ3v) is 12.8. The molecule has 5 atom stereocenters. The number of benzene rings is 2. The van der Waals surface area contributed by atoms with Gasteiger partial charge in [0.25, 0.3) is 0 Å². The molecule has 0 spiro atoms. The van der Waals surface area contributed by atoms with Gasteiger partial charge in [-0.15, -0.1) is 11.3 Å². The van der Waals surface area contributed by atoms with E-state index in [-0.39, 0.29) is 56.7 Å². The molecule has 6 rings (SSSR count). The van der Waals surface area contributed by atoms with E-state index in [1.54, 1.807) is 10.9 Å². The smallest absolute Gasteiger partial charge is 0.246 e. The molecule has 4 N–H and O–H groups in total. The van der Waals surface area contributed by atoms with Crippen molar-refractivity contribution < 1.29 is 37.5 Å². The van der Waals surface area contributed by atoms with Crippen LogP contribution in [0.15, 0.2) is 59.4 Å². The number of amides is 6. The summed E-state index contributed by atoms with van der Waals surface area (Å²) < 4.78 is 28.4. The summed E-state index contributed by atoms with van der Waals surface area (Å²) in [6, 6.07) is 7.00. The molecule has 16 heteroatoms. The molecule has 6 amide bonds. The fourth-order valence-electron chi connectivity index (χ4n) is 9.00. The lowest BCUT2D eigenvalue weighted by Crippen LogP contribution is -2.61. The number of nitrogens with one attached hydrogen (secondary N) is 4. The number of hydrogen-bond acceptors (Lipinski definition) is 8. The first-order valence-corrected chi connectivity index (χ1v) is 23.2. The summed E-state index contributed by atoms with van der Waals surface area (Å²) in [5.41, 5.74) is 2.71. The van der Waals surface area contributed by atoms with Gasteiger partial charge in [-0.2, -0.15) is 0 Å². The molecule has 1 aliphatic carbocycles. The topological polar surface area (TPSA) is 170 Å². The van der Waals surface area contributed by atoms with Crippen LogP contribution in [-0.4, -0.2) is 100 Å². The Balaban J connectivity index is 1.37. The average Bonchev–Trinajstić information content (AvgIpc) is 3.96. The highest BCUT2D eigenvalue weighted by atomic mass is 32.1. The Bertz CT molecular complexity index is 2060. The predicted octanol–water partition coefficient (Wildman–Crippen LogP) is 5.02. The van der Waals surface area contributed by atoms with Crippen molar-refractivity contribution in [3.05, 3.63) is 87.9 Å². The molecule has 1 saturated carbocycles. The van der Waals surface area contributed by atoms with Crippen LogP contribution in [0.5, 0.6) is 0 Å². The average molecular weight is 890 g/mol. The van der Waals surface area contributed by atoms with E-state index >= 15 is 0 Å². The van der Waals surface area contributed by atoms with Gasteiger partial charge < -0.3 is 31.1 Å². The molecule has 2 aliphatic heterocycles. The van der Waals surface area contributed by atoms with E-state index < -0.39 is 89.2 Å². The van der Waals surface area contributed by atoms with Crippen LogP contribution in [0.4, 0.5) is 8.78 Å². The van der Waals surface area contributed by atoms with Crippen LogP contribution in [0.2, 0.25) is 0 Å². The van der Waals surface area contributed by atoms with Crippen LogP contribution in [-0.2, 0) is 48.0 Å². The highest BCUT2D eigenvalue weighted by molar-refractivity contribution is 7.07. The summed E-state index contributed by atoms with van der Waals surface area (Å²) >= 11 is 1.33. The van der Waals surface area contributed by atoms with Crippen LogP contribution in [0.1, 0.15) is 102 Å². The van der Waals surface area contributed by atoms with Gasteiger partial charge in [0.05, 0.1) is 17.7 Å². The number of aryl methyl sites for hydroxylation is 1. The second-order valence-electron chi connectivity index (χ2n) is 18.5. The van der Waals surface area contributed by atoms with Crippen molar-refractivity contribution in [1.82, 2.24) is 36.1 Å². The molecule has 1 aromatic heterocycles. The maximum atomic E-state index is 14.7. The summed E-state index contributed by atoms with van der Waals surface area (Å²) in [5.74, 6) is -4.68. The fourth-order valence-corrected chi connectivity index (χ4v) is 9.57. The van der Waals surface area contributed by atoms with Crippen LogP contribution in [0, 0.1) is 23.0 Å². The molecule has 3 heterocycles. The largest absolute Gasteiger partial charge is 0.343 e. The monoisotopic (exact) mass is 889 g/mol. The zero-order chi connectivity index (χ0) is 45.1. The normalized spacial score (nSPS) is 23.9. The van der Waals surface area contributed by atoms with Gasteiger partial charge in [0.2, 0.25) is 35.4 Å². The zero-order valence-electron chi connectivity index (χ0n) is 36.5. The van der Waals surface area contributed by atoms with Crippen molar-refractivity contribution in [2.24, 2.45) is 11.3 Å². The van der Waals surface area contributed by atoms with E-state index in [0.717, 1.165) is 49.8 Å². The van der Waals surface area contributed by atoms with Crippen molar-refractivity contribution in [3.63, 3.8) is 0 Å². The molecular formula is C47H61F2N7O6S. The number of carbonyl (C=O) groups is 6. The second kappa shape index (κ2) is 21.9. The highest BCUT2D eigenvalue weighted by Crippen LogP contribution is 2.28. The van der Waals surface area contributed by atoms with Crippen LogP contribution in [0.25, 0.3) is 0 Å². The van der Waals surface area contributed by atoms with Crippen LogP contribution in [0.3, 0.4) is 0 Å². The lowest BCUT2D eigenvalue weighted by Gasteiger charge is -2.34. The van der Waals surface area contributed by atoms with Crippen molar-refractivity contribution in [2.45, 2.75) is 134 Å². The minimum absolute atomic E-state index is 0.00607. The second-order valence-corrected chi connectivity index (χ2v) is 19.2. The molecule has 0 radical (unpaired) electrons. The molecule has 3 fully saturated rings. The summed E-state index contributed by atoms with van der Waals surface area (Å²) in [4.78, 5) is 94.1. The van der Waals surface area contributed by atoms with Gasteiger partial charge in [-0.1, -0.05) is 89.3 Å². The zero-order valence-corrected chi connectivity index (χ0v) is 37.3. The SMILES string of the molecule is CC(C)(C)C[C@@H]1NC(=O)[C@@H](Cc2ccccc2)NC(=O)[C@H](CC2CCCCC2)NC(=O)CN(CCCc2ccc(F)cc2F)C(=O)[C@H]2CCCN2C(=O)[C@H](Cc2cscn2)NC1=O. The molecule has 3 aromatic rings. The predicted molar refractivity (Wildman–Crippen MR) is 235 cm³/mol. The van der Waals surface area contributed by atoms with E-state index in [9.17, 15) is 37.5 Å². The molecular weight excluding hydrogens is 829 g/mol. The third kappa shape index (κ3) is 13.6. The summed E-state index contributed by atoms with van der Waals surface area (Å²) in [5, 5.41) is 13.4. The molecule has 63 heavy (non-hydrogen) atoms. The fraction of sp³-hybridized carbons (Fsp3) is 0.553. The van der Waals surface area contributed by atoms with E-state index in [0.29, 0.717) is 25.0 Å². The maximum absolute atomic E-state index is 14.7. The standard InChI is InChI=1S/C47H61F2N7O6S/c1-47(2,3)26-39-44(60)53-38(25-34-28-63-29-50-34)45(61)56-21-11-17-40(56)46(62)55(20-10-16-32-18-19-33(48)24-35(32)49)27-41(57)51-36(22-30-12-6-4-7-13-30)42(58)52-37(43(59)54-39)23-31-14-8-5-9-15-31/h5,8-9,14-15,18-19,24,28-30,36-40H,4,6-7,10-13,16-17,20-23,25-27H2,1-3H3,(H,51,57)(H,52,58)(H,53,60)(H,54,59)/t36-,37+,38-,39-,40+/m0/s1. The highest BCUT2D eigenvalue weighted by Gasteiger charge is 2.42. The summed E-state index contributed by atoms with van der Waals surface area (Å²) in [6.07, 6.45) is 6.54. The quantitative estimate of drug-likeness (QED) is 0.210. The number of rotatable bonds is 11. The first-order valence-electron chi connectivity index (χ1n) is 22.3. The first kappa shape index (κ1) is 47.2. The number of fused-ring (bicyclic) bond motifs is 1. The maximum Gasteiger partial charge on any atom is 0.246 e. The lowest BCUT2D eigenvalue weighted by atomic mass is 9.84. The molecule has 0 unspecified atom stereocenters. The van der Waals surface area contributed by atoms with Crippen LogP contribution < -0.4 is 21.3 Å². The van der Waals surface area contributed by atoms with Crippen molar-refractivity contribution in [2.75, 3.05) is 19.6 Å². The number of nitrogens with zero attached hydrogens (tertiary/aromatic N) is 3. The van der Waals surface area contributed by atoms with Gasteiger partial charge in [0, 0.05) is 37.4 Å². The molecule has 0 bridgehead atoms. The molecule has 340 valence electrons. The van der Waals surface area contributed by atoms with E-state index in [4.69, 9.17) is 0 Å². The van der Waals surface area contributed by atoms with E-state index in [1.807, 2.05) is 51.1 Å². The number of aromatic nitrogens is 1. The summed E-state index contributed by atoms with van der Waals surface area (Å²) in [6.45, 7) is 5.54. The Labute approximate surface area is 372 Å². The number of hydrogen-bond donors (Lipinski definition) is 4. The Hall–Kier alpha value is -5.25. The van der Waals surface area contributed by atoms with Crippen LogP contribution >= 0.6 is 11.3 Å². The van der Waals surface area contributed by atoms with E-state index in [2.05, 4.69) is 26.3 Å². The number of carbonyl (C=O) groups excluding carboxylic acids is 6. The third-order valence-electron chi connectivity index (χ3n) is 12.2. The Morgan fingerprint density at radius 3 is 2.16 bits per heavy atom. The minimum atomic E-state index is -1.16. The molecule has 13 nitrogen and oxygen atoms in total. The molecule has 2 saturated heterocycles. The van der Waals surface area contributed by atoms with Crippen molar-refractivity contribution in [1.29, 1.82) is 0 Å².